The first kappa shape index (κ1) is 61.5. The van der Waals surface area contributed by atoms with E-state index in [1.807, 2.05) is 20.8 Å². The predicted octanol–water partition coefficient (Wildman–Crippen LogP) is -1.35. The van der Waals surface area contributed by atoms with E-state index < -0.39 is 102 Å². The van der Waals surface area contributed by atoms with Crippen molar-refractivity contribution in [2.75, 3.05) is 49.7 Å². The molecule has 1 fully saturated rings. The van der Waals surface area contributed by atoms with Gasteiger partial charge in [0.1, 0.15) is 36.3 Å². The van der Waals surface area contributed by atoms with Crippen LogP contribution in [0, 0.1) is 11.3 Å². The number of aliphatic carboxylic acids is 1. The number of guanidine groups is 1. The van der Waals surface area contributed by atoms with Crippen LogP contribution >= 0.6 is 33.3 Å². The first-order valence-corrected chi connectivity index (χ1v) is 27.1. The van der Waals surface area contributed by atoms with Crippen molar-refractivity contribution in [3.05, 3.63) is 35.9 Å². The molecule has 1 saturated heterocycles. The average molecular weight is 1050 g/mol. The van der Waals surface area contributed by atoms with E-state index in [9.17, 15) is 53.1 Å². The van der Waals surface area contributed by atoms with E-state index in [4.69, 9.17) is 11.1 Å². The molecule has 0 radical (unpaired) electrons. The molecule has 1 aliphatic heterocycles. The highest BCUT2D eigenvalue weighted by Crippen LogP contribution is 2.24. The number of carboxylic acids is 1. The van der Waals surface area contributed by atoms with Crippen LogP contribution in [0.25, 0.3) is 0 Å². The second kappa shape index (κ2) is 32.4. The molecule has 0 spiro atoms. The molecule has 396 valence electrons. The van der Waals surface area contributed by atoms with Gasteiger partial charge in [-0.05, 0) is 71.2 Å². The molecule has 0 aromatic heterocycles. The second-order valence-electron chi connectivity index (χ2n) is 18.0. The van der Waals surface area contributed by atoms with Crippen LogP contribution in [0.3, 0.4) is 0 Å². The quantitative estimate of drug-likeness (QED) is 0.0246. The van der Waals surface area contributed by atoms with E-state index in [-0.39, 0.29) is 79.2 Å². The molecule has 6 atom stereocenters. The Balaban J connectivity index is 2.57. The number of thioether (sulfide) groups is 1. The predicted molar refractivity (Wildman–Crippen MR) is 274 cm³/mol. The van der Waals surface area contributed by atoms with Gasteiger partial charge in [-0.3, -0.25) is 53.4 Å². The number of amides is 8. The SMILES string of the molecule is CSCC(=O)N[C@@H](CCCCNC(C)(C)C)C(=O)N[C@H]1CSSC[C@@H](C(=O)N[C@@H](Cc2ccccc2)C(=O)NCC(=O)C(C)C)NC(=O)[C@H](CC(=O)O)NC(=O)CNC(=O)[C@H](CCCNC(=N)N)NC1=O. The van der Waals surface area contributed by atoms with Crippen molar-refractivity contribution in [2.45, 2.75) is 121 Å². The minimum atomic E-state index is -1.75. The van der Waals surface area contributed by atoms with Crippen molar-refractivity contribution in [1.82, 2.24) is 53.2 Å². The molecule has 23 nitrogen and oxygen atoms in total. The summed E-state index contributed by atoms with van der Waals surface area (Å²) in [5, 5.41) is 43.6. The number of nitrogens with one attached hydrogen (secondary N) is 11. The Bertz CT molecular complexity index is 1990. The molecule has 0 aliphatic carbocycles. The smallest absolute Gasteiger partial charge is 0.305 e. The van der Waals surface area contributed by atoms with Crippen molar-refractivity contribution in [3.8, 4) is 0 Å². The fourth-order valence-corrected chi connectivity index (χ4v) is 9.21. The lowest BCUT2D eigenvalue weighted by Crippen LogP contribution is -2.59. The van der Waals surface area contributed by atoms with Crippen LogP contribution < -0.4 is 58.9 Å². The molecule has 1 aromatic carbocycles. The maximum Gasteiger partial charge on any atom is 0.305 e. The summed E-state index contributed by atoms with van der Waals surface area (Å²) in [4.78, 5) is 134. The summed E-state index contributed by atoms with van der Waals surface area (Å²) in [6.07, 6.45) is 2.33. The zero-order chi connectivity index (χ0) is 53.1. The number of carboxylic acid groups (broad SMARTS) is 1. The molecule has 0 unspecified atom stereocenters. The number of carbonyl (C=O) groups is 10. The first-order valence-electron chi connectivity index (χ1n) is 23.2. The molecule has 8 amide bonds. The monoisotopic (exact) mass is 1050 g/mol. The molecular weight excluding hydrogens is 981 g/mol. The van der Waals surface area contributed by atoms with Crippen LogP contribution in [0.4, 0.5) is 0 Å². The average Bonchev–Trinajstić information content (AvgIpc) is 3.29. The molecular formula is C45H72N12O11S3. The van der Waals surface area contributed by atoms with Gasteiger partial charge >= 0.3 is 5.97 Å². The molecule has 1 heterocycles. The van der Waals surface area contributed by atoms with Crippen LogP contribution in [0.5, 0.6) is 0 Å². The van der Waals surface area contributed by atoms with E-state index in [0.717, 1.165) is 21.6 Å². The largest absolute Gasteiger partial charge is 0.481 e. The number of ketones is 1. The van der Waals surface area contributed by atoms with Crippen molar-refractivity contribution >= 4 is 98.3 Å². The summed E-state index contributed by atoms with van der Waals surface area (Å²) in [6, 6.07) is 0.389. The third kappa shape index (κ3) is 25.9. The zero-order valence-corrected chi connectivity index (χ0v) is 43.6. The number of Topliss-reactive ketones (excluding diaryl/α,β-unsaturated/α-hetero) is 1. The Hall–Kier alpha value is -5.60. The number of hydrogen-bond acceptors (Lipinski definition) is 15. The first-order chi connectivity index (χ1) is 33.5. The topological polar surface area (TPSA) is 361 Å². The lowest BCUT2D eigenvalue weighted by atomic mass is 10.0. The molecule has 0 saturated carbocycles. The van der Waals surface area contributed by atoms with Gasteiger partial charge in [0.25, 0.3) is 0 Å². The maximum absolute atomic E-state index is 14.2. The summed E-state index contributed by atoms with van der Waals surface area (Å²) in [5.74, 6) is -9.31. The summed E-state index contributed by atoms with van der Waals surface area (Å²) >= 11 is 1.26. The maximum atomic E-state index is 14.2. The minimum Gasteiger partial charge on any atom is -0.481 e. The van der Waals surface area contributed by atoms with Crippen molar-refractivity contribution in [3.63, 3.8) is 0 Å². The minimum absolute atomic E-state index is 0.0302. The van der Waals surface area contributed by atoms with Gasteiger partial charge in [0.15, 0.2) is 11.7 Å². The molecule has 14 N–H and O–H groups in total. The molecule has 1 aromatic rings. The van der Waals surface area contributed by atoms with Gasteiger partial charge in [-0.15, -0.1) is 0 Å². The van der Waals surface area contributed by atoms with Gasteiger partial charge in [-0.25, -0.2) is 0 Å². The van der Waals surface area contributed by atoms with Gasteiger partial charge in [-0.1, -0.05) is 65.8 Å². The van der Waals surface area contributed by atoms with E-state index in [2.05, 4.69) is 53.2 Å². The van der Waals surface area contributed by atoms with Gasteiger partial charge < -0.3 is 64.0 Å². The van der Waals surface area contributed by atoms with Crippen LogP contribution in [-0.2, 0) is 54.4 Å². The van der Waals surface area contributed by atoms with Gasteiger partial charge in [0.2, 0.25) is 47.3 Å². The number of nitrogens with two attached hydrogens (primary N) is 1. The lowest BCUT2D eigenvalue weighted by molar-refractivity contribution is -0.141. The highest BCUT2D eigenvalue weighted by Gasteiger charge is 2.34. The summed E-state index contributed by atoms with van der Waals surface area (Å²) in [7, 11) is 1.96. The molecule has 1 aliphatic rings. The summed E-state index contributed by atoms with van der Waals surface area (Å²) in [5.41, 5.74) is 5.91. The normalized spacial score (nSPS) is 19.3. The lowest BCUT2D eigenvalue weighted by Gasteiger charge is -2.26. The zero-order valence-electron chi connectivity index (χ0n) is 41.2. The van der Waals surface area contributed by atoms with Crippen LogP contribution in [-0.4, -0.2) is 162 Å². The Labute approximate surface area is 426 Å². The highest BCUT2D eigenvalue weighted by molar-refractivity contribution is 8.76. The molecule has 26 heteroatoms. The number of carbonyl (C=O) groups excluding carboxylic acids is 9. The standard InChI is InChI=1S/C45H72N12O11S3/c1-26(2)34(58)21-49-39(64)30(19-27-13-8-7-9-14-27)55-43(68)33-24-71-70-23-32(56-40(65)29(52-36(60)25-69-6)15-10-11-18-51-45(3,4)5)42(67)54-28(16-12-17-48-44(46)47)38(63)50-22-35(59)53-31(20-37(61)62)41(66)57-33/h7-9,13-14,26,28-33,51H,10-12,15-25H2,1-6H3,(H,49,64)(H,50,63)(H,52,60)(H,53,59)(H,54,67)(H,55,68)(H,56,65)(H,57,66)(H,61,62)(H4,46,47,48)/t28-,29-,30-,31-,32-,33-/m0/s1. The van der Waals surface area contributed by atoms with Crippen molar-refractivity contribution < 1.29 is 53.1 Å². The van der Waals surface area contributed by atoms with Crippen LogP contribution in [0.15, 0.2) is 30.3 Å². The molecule has 0 bridgehead atoms. The summed E-state index contributed by atoms with van der Waals surface area (Å²) in [6.45, 7) is 9.06. The Kier molecular flexibility index (Phi) is 28.1. The summed E-state index contributed by atoms with van der Waals surface area (Å²) < 4.78 is 0. The number of rotatable bonds is 24. The molecule has 71 heavy (non-hydrogen) atoms. The van der Waals surface area contributed by atoms with E-state index in [1.165, 1.54) is 11.8 Å². The number of hydrogen-bond donors (Lipinski definition) is 13. The Morgan fingerprint density at radius 2 is 1.54 bits per heavy atom. The highest BCUT2D eigenvalue weighted by atomic mass is 33.1. The third-order valence-corrected chi connectivity index (χ3v) is 13.4. The van der Waals surface area contributed by atoms with Gasteiger partial charge in [0.05, 0.1) is 25.3 Å². The fourth-order valence-electron chi connectivity index (χ4n) is 6.54. The van der Waals surface area contributed by atoms with Gasteiger partial charge in [-0.2, -0.15) is 11.8 Å². The molecule has 2 rings (SSSR count). The van der Waals surface area contributed by atoms with Crippen LogP contribution in [0.2, 0.25) is 0 Å². The van der Waals surface area contributed by atoms with E-state index in [1.54, 1.807) is 50.4 Å². The Morgan fingerprint density at radius 1 is 0.845 bits per heavy atom. The van der Waals surface area contributed by atoms with Crippen molar-refractivity contribution in [1.29, 1.82) is 5.41 Å². The number of unbranched alkanes of at least 4 members (excludes halogenated alkanes) is 1. The third-order valence-electron chi connectivity index (χ3n) is 10.4. The number of benzene rings is 1. The van der Waals surface area contributed by atoms with Crippen molar-refractivity contribution in [2.24, 2.45) is 11.7 Å². The van der Waals surface area contributed by atoms with Gasteiger partial charge in [0, 0.05) is 35.9 Å². The fraction of sp³-hybridized carbons (Fsp3) is 0.622. The van der Waals surface area contributed by atoms with E-state index in [0.29, 0.717) is 24.9 Å². The Morgan fingerprint density at radius 3 is 2.17 bits per heavy atom. The van der Waals surface area contributed by atoms with Crippen LogP contribution in [0.1, 0.15) is 78.7 Å². The van der Waals surface area contributed by atoms with E-state index >= 15 is 0 Å². The second-order valence-corrected chi connectivity index (χ2v) is 21.4.